The van der Waals surface area contributed by atoms with Crippen LogP contribution in [0.5, 0.6) is 0 Å². The second-order valence-electron chi connectivity index (χ2n) is 8.73. The number of nitrogens with one attached hydrogen (secondary N) is 1. The van der Waals surface area contributed by atoms with E-state index in [1.54, 1.807) is 31.2 Å². The Balaban J connectivity index is 1.58. The van der Waals surface area contributed by atoms with E-state index < -0.39 is 21.7 Å². The molecule has 2 heterocycles. The van der Waals surface area contributed by atoms with Crippen molar-refractivity contribution >= 4 is 27.4 Å². The van der Waals surface area contributed by atoms with Crippen molar-refractivity contribution in [2.24, 2.45) is 0 Å². The number of likely N-dealkylation sites (N-methyl/N-ethyl adjacent to an activating group) is 1. The van der Waals surface area contributed by atoms with Gasteiger partial charge in [0.2, 0.25) is 0 Å². The average molecular weight is 517 g/mol. The molecule has 4 rings (SSSR count). The standard InChI is InChI=1S/C26H29ClN2O5S/c1-18-23(26(30)34-12-11-29(2)16-19-7-4-3-5-8-19)24(20-9-6-10-21(27)15-20)25-22(28-18)17-33-13-14-35(25,31)32/h3-10,15,24,28H,11-14,16-17H2,1-2H3. The van der Waals surface area contributed by atoms with Crippen LogP contribution >= 0.6 is 11.6 Å². The number of dihydropyridines is 1. The first-order valence-corrected chi connectivity index (χ1v) is 13.5. The van der Waals surface area contributed by atoms with Crippen molar-refractivity contribution in [2.75, 3.05) is 39.2 Å². The maximum Gasteiger partial charge on any atom is 0.336 e. The van der Waals surface area contributed by atoms with E-state index in [1.807, 2.05) is 37.4 Å². The van der Waals surface area contributed by atoms with Crippen LogP contribution in [-0.4, -0.2) is 58.5 Å². The van der Waals surface area contributed by atoms with Crippen LogP contribution in [0.25, 0.3) is 0 Å². The van der Waals surface area contributed by atoms with Crippen LogP contribution in [0, 0.1) is 0 Å². The SMILES string of the molecule is CC1=C(C(=O)OCCN(C)Cc2ccccc2)C(c2cccc(Cl)c2)C2=C(COCCS2(=O)=O)N1. The van der Waals surface area contributed by atoms with E-state index in [9.17, 15) is 13.2 Å². The number of carbonyl (C=O) groups excluding carboxylic acids is 1. The van der Waals surface area contributed by atoms with Gasteiger partial charge in [-0.2, -0.15) is 0 Å². The van der Waals surface area contributed by atoms with E-state index in [0.717, 1.165) is 12.1 Å². The second-order valence-corrected chi connectivity index (χ2v) is 11.2. The summed E-state index contributed by atoms with van der Waals surface area (Å²) in [5.41, 5.74) is 3.03. The number of ether oxygens (including phenoxy) is 2. The van der Waals surface area contributed by atoms with Crippen LogP contribution in [-0.2, 0) is 30.7 Å². The number of sulfone groups is 1. The van der Waals surface area contributed by atoms with Gasteiger partial charge in [0.15, 0.2) is 9.84 Å². The Morgan fingerprint density at radius 1 is 1.20 bits per heavy atom. The molecule has 0 saturated carbocycles. The highest BCUT2D eigenvalue weighted by Crippen LogP contribution is 2.42. The summed E-state index contributed by atoms with van der Waals surface area (Å²) in [7, 11) is -1.73. The largest absolute Gasteiger partial charge is 0.461 e. The van der Waals surface area contributed by atoms with Crippen LogP contribution in [0.1, 0.15) is 24.0 Å². The quantitative estimate of drug-likeness (QED) is 0.562. The van der Waals surface area contributed by atoms with Crippen molar-refractivity contribution in [2.45, 2.75) is 19.4 Å². The van der Waals surface area contributed by atoms with E-state index in [2.05, 4.69) is 10.2 Å². The number of rotatable bonds is 7. The molecule has 1 unspecified atom stereocenters. The van der Waals surface area contributed by atoms with Crippen molar-refractivity contribution in [1.29, 1.82) is 0 Å². The van der Waals surface area contributed by atoms with Crippen LogP contribution in [0.4, 0.5) is 0 Å². The first-order valence-electron chi connectivity index (χ1n) is 11.4. The normalized spacial score (nSPS) is 19.7. The molecule has 0 bridgehead atoms. The highest BCUT2D eigenvalue weighted by atomic mass is 35.5. The van der Waals surface area contributed by atoms with Crippen LogP contribution in [0.15, 0.2) is 76.5 Å². The summed E-state index contributed by atoms with van der Waals surface area (Å²) >= 11 is 6.25. The lowest BCUT2D eigenvalue weighted by molar-refractivity contribution is -0.139. The lowest BCUT2D eigenvalue weighted by Crippen LogP contribution is -2.34. The summed E-state index contributed by atoms with van der Waals surface area (Å²) in [4.78, 5) is 15.6. The number of hydrogen-bond acceptors (Lipinski definition) is 7. The summed E-state index contributed by atoms with van der Waals surface area (Å²) in [6, 6.07) is 17.0. The topological polar surface area (TPSA) is 84.9 Å². The number of hydrogen-bond donors (Lipinski definition) is 1. The summed E-state index contributed by atoms with van der Waals surface area (Å²) in [5.74, 6) is -1.54. The Kier molecular flexibility index (Phi) is 7.96. The van der Waals surface area contributed by atoms with Crippen molar-refractivity contribution < 1.29 is 22.7 Å². The molecule has 2 aromatic carbocycles. The first kappa shape index (κ1) is 25.4. The van der Waals surface area contributed by atoms with Crippen molar-refractivity contribution in [3.8, 4) is 0 Å². The highest BCUT2D eigenvalue weighted by Gasteiger charge is 2.41. The van der Waals surface area contributed by atoms with Gasteiger partial charge < -0.3 is 14.8 Å². The fourth-order valence-electron chi connectivity index (χ4n) is 4.43. The van der Waals surface area contributed by atoms with Gasteiger partial charge >= 0.3 is 5.97 Å². The number of benzene rings is 2. The fraction of sp³-hybridized carbons (Fsp3) is 0.346. The van der Waals surface area contributed by atoms with E-state index in [4.69, 9.17) is 21.1 Å². The maximum absolute atomic E-state index is 13.4. The molecular weight excluding hydrogens is 488 g/mol. The maximum atomic E-state index is 13.4. The average Bonchev–Trinajstić information content (AvgIpc) is 2.96. The number of allylic oxidation sites excluding steroid dienone is 2. The third kappa shape index (κ3) is 5.95. The molecule has 0 fully saturated rings. The Morgan fingerprint density at radius 3 is 2.71 bits per heavy atom. The third-order valence-corrected chi connectivity index (χ3v) is 8.16. The monoisotopic (exact) mass is 516 g/mol. The molecule has 7 nitrogen and oxygen atoms in total. The Hall–Kier alpha value is -2.65. The number of halogens is 1. The molecule has 0 spiro atoms. The summed E-state index contributed by atoms with van der Waals surface area (Å²) < 4.78 is 37.7. The lowest BCUT2D eigenvalue weighted by Gasteiger charge is -2.31. The third-order valence-electron chi connectivity index (χ3n) is 6.07. The fourth-order valence-corrected chi connectivity index (χ4v) is 6.28. The molecule has 2 aliphatic heterocycles. The van der Waals surface area contributed by atoms with Crippen molar-refractivity contribution in [3.05, 3.63) is 92.6 Å². The van der Waals surface area contributed by atoms with E-state index in [0.29, 0.717) is 28.5 Å². The van der Waals surface area contributed by atoms with Gasteiger partial charge in [0, 0.05) is 23.8 Å². The molecule has 9 heteroatoms. The number of esters is 1. The molecule has 1 N–H and O–H groups in total. The molecular formula is C26H29ClN2O5S. The number of nitrogens with zero attached hydrogens (tertiary/aromatic N) is 1. The minimum atomic E-state index is -3.69. The molecule has 2 aromatic rings. The van der Waals surface area contributed by atoms with Gasteiger partial charge in [-0.1, -0.05) is 54.1 Å². The lowest BCUT2D eigenvalue weighted by atomic mass is 9.86. The zero-order valence-electron chi connectivity index (χ0n) is 19.8. The predicted octanol–water partition coefficient (Wildman–Crippen LogP) is 3.63. The van der Waals surface area contributed by atoms with Gasteiger partial charge in [-0.05, 0) is 37.2 Å². The molecule has 0 aliphatic carbocycles. The van der Waals surface area contributed by atoms with Crippen LogP contribution < -0.4 is 5.32 Å². The molecule has 2 aliphatic rings. The zero-order chi connectivity index (χ0) is 25.0. The Labute approximate surface area is 211 Å². The van der Waals surface area contributed by atoms with E-state index in [1.165, 1.54) is 0 Å². The Morgan fingerprint density at radius 2 is 1.97 bits per heavy atom. The second kappa shape index (κ2) is 11.0. The zero-order valence-corrected chi connectivity index (χ0v) is 21.4. The number of carbonyl (C=O) groups is 1. The molecule has 186 valence electrons. The molecule has 0 saturated heterocycles. The molecule has 0 radical (unpaired) electrons. The minimum absolute atomic E-state index is 0.0891. The van der Waals surface area contributed by atoms with Gasteiger partial charge in [0.1, 0.15) is 6.61 Å². The molecule has 1 atom stereocenters. The van der Waals surface area contributed by atoms with E-state index in [-0.39, 0.29) is 36.1 Å². The van der Waals surface area contributed by atoms with Gasteiger partial charge in [0.05, 0.1) is 41.1 Å². The Bertz CT molecular complexity index is 1260. The molecule has 35 heavy (non-hydrogen) atoms. The van der Waals surface area contributed by atoms with Crippen LogP contribution in [0.3, 0.4) is 0 Å². The first-order chi connectivity index (χ1) is 16.8. The van der Waals surface area contributed by atoms with Crippen LogP contribution in [0.2, 0.25) is 5.02 Å². The summed E-state index contributed by atoms with van der Waals surface area (Å²) in [6.07, 6.45) is 0. The van der Waals surface area contributed by atoms with Gasteiger partial charge in [-0.15, -0.1) is 0 Å². The van der Waals surface area contributed by atoms with Gasteiger partial charge in [-0.25, -0.2) is 13.2 Å². The summed E-state index contributed by atoms with van der Waals surface area (Å²) in [6.45, 7) is 3.38. The van der Waals surface area contributed by atoms with Gasteiger partial charge in [0.25, 0.3) is 0 Å². The molecule has 0 aromatic heterocycles. The smallest absolute Gasteiger partial charge is 0.336 e. The van der Waals surface area contributed by atoms with Crippen molar-refractivity contribution in [3.63, 3.8) is 0 Å². The van der Waals surface area contributed by atoms with Gasteiger partial charge in [-0.3, -0.25) is 4.90 Å². The molecule has 0 amide bonds. The minimum Gasteiger partial charge on any atom is -0.461 e. The highest BCUT2D eigenvalue weighted by molar-refractivity contribution is 7.95. The van der Waals surface area contributed by atoms with Crippen molar-refractivity contribution in [1.82, 2.24) is 10.2 Å². The predicted molar refractivity (Wildman–Crippen MR) is 135 cm³/mol. The summed E-state index contributed by atoms with van der Waals surface area (Å²) in [5, 5.41) is 3.56. The van der Waals surface area contributed by atoms with E-state index >= 15 is 0 Å².